The van der Waals surface area contributed by atoms with Gasteiger partial charge in [-0.25, -0.2) is 4.79 Å². The highest BCUT2D eigenvalue weighted by molar-refractivity contribution is 5.86. The van der Waals surface area contributed by atoms with Gasteiger partial charge in [0.1, 0.15) is 6.10 Å². The van der Waals surface area contributed by atoms with Gasteiger partial charge < -0.3 is 20.4 Å². The highest BCUT2D eigenvalue weighted by atomic mass is 16.4. The molecule has 0 heterocycles. The predicted octanol–water partition coefficient (Wildman–Crippen LogP) is -0.0134. The van der Waals surface area contributed by atoms with Crippen molar-refractivity contribution in [3.8, 4) is 11.8 Å². The van der Waals surface area contributed by atoms with Crippen LogP contribution in [0.1, 0.15) is 32.6 Å². The first-order valence-corrected chi connectivity index (χ1v) is 5.20. The van der Waals surface area contributed by atoms with Gasteiger partial charge in [0.15, 0.2) is 0 Å². The van der Waals surface area contributed by atoms with Gasteiger partial charge >= 0.3 is 5.97 Å². The van der Waals surface area contributed by atoms with E-state index in [9.17, 15) is 4.79 Å². The van der Waals surface area contributed by atoms with Gasteiger partial charge in [0.2, 0.25) is 0 Å². The summed E-state index contributed by atoms with van der Waals surface area (Å²) in [6.45, 7) is 1.37. The van der Waals surface area contributed by atoms with Crippen molar-refractivity contribution in [2.45, 2.75) is 38.7 Å². The lowest BCUT2D eigenvalue weighted by Crippen LogP contribution is -2.15. The summed E-state index contributed by atoms with van der Waals surface area (Å²) in [6.07, 6.45) is 3.05. The molecule has 0 unspecified atom stereocenters. The summed E-state index contributed by atoms with van der Waals surface area (Å²) in [5.41, 5.74) is 0. The molecule has 0 rings (SSSR count). The second-order valence-corrected chi connectivity index (χ2v) is 3.08. The zero-order valence-corrected chi connectivity index (χ0v) is 9.52. The molecule has 0 fully saturated rings. The normalized spacial score (nSPS) is 8.81. The second-order valence-electron chi connectivity index (χ2n) is 3.08. The molecule has 0 aliphatic carbocycles. The van der Waals surface area contributed by atoms with Crippen LogP contribution in [0.2, 0.25) is 0 Å². The van der Waals surface area contributed by atoms with Crippen molar-refractivity contribution in [1.82, 2.24) is 0 Å². The van der Waals surface area contributed by atoms with Crippen LogP contribution in [0.25, 0.3) is 0 Å². The Morgan fingerprint density at radius 2 is 1.81 bits per heavy atom. The van der Waals surface area contributed by atoms with Gasteiger partial charge in [-0.1, -0.05) is 25.7 Å². The van der Waals surface area contributed by atoms with Crippen LogP contribution in [0.15, 0.2) is 0 Å². The second kappa shape index (κ2) is 13.9. The number of hydrogen-bond donors (Lipinski definition) is 4. The van der Waals surface area contributed by atoms with Crippen molar-refractivity contribution in [3.63, 3.8) is 0 Å². The first kappa shape index (κ1) is 17.3. The molecule has 94 valence electrons. The Balaban J connectivity index is 0. The summed E-state index contributed by atoms with van der Waals surface area (Å²) < 4.78 is 0. The monoisotopic (exact) mass is 232 g/mol. The van der Waals surface area contributed by atoms with Crippen LogP contribution in [0.4, 0.5) is 0 Å². The molecule has 0 saturated carbocycles. The number of carbonyl (C=O) groups is 1. The Hall–Kier alpha value is -1.09. The van der Waals surface area contributed by atoms with E-state index in [1.54, 1.807) is 0 Å². The fraction of sp³-hybridized carbons (Fsp3) is 0.727. The maximum Gasteiger partial charge on any atom is 0.381 e. The average Bonchev–Trinajstić information content (AvgIpc) is 2.28. The highest BCUT2D eigenvalue weighted by Crippen LogP contribution is 1.96. The lowest BCUT2D eigenvalue weighted by Gasteiger charge is -1.96. The van der Waals surface area contributed by atoms with Gasteiger partial charge in [0.05, 0.1) is 13.2 Å². The van der Waals surface area contributed by atoms with Gasteiger partial charge in [-0.05, 0) is 6.42 Å². The van der Waals surface area contributed by atoms with Crippen LogP contribution in [0.5, 0.6) is 0 Å². The van der Waals surface area contributed by atoms with Gasteiger partial charge in [0.25, 0.3) is 0 Å². The Kier molecular flexibility index (Phi) is 15.0. The van der Waals surface area contributed by atoms with E-state index in [-0.39, 0.29) is 13.2 Å². The third-order valence-corrected chi connectivity index (χ3v) is 1.52. The molecule has 0 aromatic rings. The minimum absolute atomic E-state index is 0.365. The Labute approximate surface area is 95.7 Å². The van der Waals surface area contributed by atoms with Gasteiger partial charge in [-0.3, -0.25) is 0 Å². The number of carboxylic acids is 1. The van der Waals surface area contributed by atoms with Crippen molar-refractivity contribution in [1.29, 1.82) is 0 Å². The zero-order chi connectivity index (χ0) is 12.8. The number of aliphatic hydroxyl groups excluding tert-OH is 3. The highest BCUT2D eigenvalue weighted by Gasteiger charge is 1.93. The van der Waals surface area contributed by atoms with Crippen molar-refractivity contribution < 1.29 is 25.2 Å². The van der Waals surface area contributed by atoms with Crippen LogP contribution in [-0.2, 0) is 4.79 Å². The number of carboxylic acid groups (broad SMARTS) is 1. The molecule has 5 nitrogen and oxygen atoms in total. The molecule has 0 aromatic carbocycles. The quantitative estimate of drug-likeness (QED) is 0.394. The fourth-order valence-electron chi connectivity index (χ4n) is 0.659. The number of aliphatic carboxylic acids is 1. The maximum absolute atomic E-state index is 9.86. The van der Waals surface area contributed by atoms with E-state index < -0.39 is 12.1 Å². The molecule has 0 radical (unpaired) electrons. The Bertz CT molecular complexity index is 212. The number of rotatable bonds is 5. The number of aliphatic hydroxyl groups is 3. The van der Waals surface area contributed by atoms with E-state index in [1.807, 2.05) is 0 Å². The SMILES string of the molecule is CCCCCC#CC(=O)O.OCC(O)CO. The largest absolute Gasteiger partial charge is 0.472 e. The molecule has 0 aromatic heterocycles. The maximum atomic E-state index is 9.86. The van der Waals surface area contributed by atoms with E-state index in [4.69, 9.17) is 20.4 Å². The van der Waals surface area contributed by atoms with Crippen LogP contribution in [-0.4, -0.2) is 45.7 Å². The molecular weight excluding hydrogens is 212 g/mol. The molecule has 0 saturated heterocycles. The smallest absolute Gasteiger partial charge is 0.381 e. The van der Waals surface area contributed by atoms with Crippen LogP contribution in [0.3, 0.4) is 0 Å². The summed E-state index contributed by atoms with van der Waals surface area (Å²) in [5.74, 6) is 3.61. The lowest BCUT2D eigenvalue weighted by molar-refractivity contribution is -0.130. The first-order chi connectivity index (χ1) is 7.58. The molecule has 0 amide bonds. The van der Waals surface area contributed by atoms with E-state index in [0.717, 1.165) is 19.3 Å². The number of hydrogen-bond acceptors (Lipinski definition) is 4. The molecule has 5 heteroatoms. The summed E-state index contributed by atoms with van der Waals surface area (Å²) in [5, 5.41) is 32.1. The number of unbranched alkanes of at least 4 members (excludes halogenated alkanes) is 3. The van der Waals surface area contributed by atoms with Crippen molar-refractivity contribution in [2.24, 2.45) is 0 Å². The molecule has 4 N–H and O–H groups in total. The van der Waals surface area contributed by atoms with Crippen LogP contribution >= 0.6 is 0 Å². The summed E-state index contributed by atoms with van der Waals surface area (Å²) >= 11 is 0. The van der Waals surface area contributed by atoms with Crippen LogP contribution < -0.4 is 0 Å². The van der Waals surface area contributed by atoms with E-state index >= 15 is 0 Å². The zero-order valence-electron chi connectivity index (χ0n) is 9.52. The predicted molar refractivity (Wildman–Crippen MR) is 59.7 cm³/mol. The summed E-state index contributed by atoms with van der Waals surface area (Å²) in [6, 6.07) is 0. The molecule has 0 bridgehead atoms. The minimum atomic E-state index is -1.03. The molecule has 0 aliphatic rings. The Morgan fingerprint density at radius 3 is 2.12 bits per heavy atom. The lowest BCUT2D eigenvalue weighted by atomic mass is 10.2. The summed E-state index contributed by atoms with van der Waals surface area (Å²) in [7, 11) is 0. The molecule has 0 spiro atoms. The van der Waals surface area contributed by atoms with Gasteiger partial charge in [-0.15, -0.1) is 0 Å². The Morgan fingerprint density at radius 1 is 1.25 bits per heavy atom. The molecule has 16 heavy (non-hydrogen) atoms. The third kappa shape index (κ3) is 18.6. The average molecular weight is 232 g/mol. The molecule has 0 aliphatic heterocycles. The minimum Gasteiger partial charge on any atom is -0.472 e. The molecule has 0 atom stereocenters. The molecular formula is C11H20O5. The standard InChI is InChI=1S/C8H12O2.C3H8O3/c1-2-3-4-5-6-7-8(9)10;4-1-3(6)2-5/h2-5H2,1H3,(H,9,10);3-6H,1-2H2. The van der Waals surface area contributed by atoms with Gasteiger partial charge in [-0.2, -0.15) is 0 Å². The van der Waals surface area contributed by atoms with Crippen molar-refractivity contribution >= 4 is 5.97 Å². The van der Waals surface area contributed by atoms with Crippen molar-refractivity contribution in [2.75, 3.05) is 13.2 Å². The van der Waals surface area contributed by atoms with E-state index in [0.29, 0.717) is 6.42 Å². The van der Waals surface area contributed by atoms with Crippen LogP contribution in [0, 0.1) is 11.8 Å². The first-order valence-electron chi connectivity index (χ1n) is 5.20. The van der Waals surface area contributed by atoms with E-state index in [1.165, 1.54) is 0 Å². The van der Waals surface area contributed by atoms with E-state index in [2.05, 4.69) is 18.8 Å². The summed E-state index contributed by atoms with van der Waals surface area (Å²) in [4.78, 5) is 9.86. The van der Waals surface area contributed by atoms with Crippen molar-refractivity contribution in [3.05, 3.63) is 0 Å². The topological polar surface area (TPSA) is 98.0 Å². The fourth-order valence-corrected chi connectivity index (χ4v) is 0.659. The third-order valence-electron chi connectivity index (χ3n) is 1.52. The van der Waals surface area contributed by atoms with Gasteiger partial charge in [0, 0.05) is 12.3 Å².